The van der Waals surface area contributed by atoms with E-state index in [1.807, 2.05) is 0 Å². The molecule has 0 unspecified atom stereocenters. The van der Waals surface area contributed by atoms with E-state index >= 15 is 0 Å². The van der Waals surface area contributed by atoms with E-state index in [9.17, 15) is 4.79 Å². The number of hydrogen-bond acceptors (Lipinski definition) is 7. The van der Waals surface area contributed by atoms with Crippen molar-refractivity contribution in [2.24, 2.45) is 5.92 Å². The van der Waals surface area contributed by atoms with Crippen molar-refractivity contribution >= 4 is 5.97 Å². The number of esters is 1. The maximum atomic E-state index is 11.9. The van der Waals surface area contributed by atoms with Gasteiger partial charge in [-0.2, -0.15) is 0 Å². The fourth-order valence-corrected chi connectivity index (χ4v) is 7.24. The molecule has 2 saturated heterocycles. The Kier molecular flexibility index (Phi) is 5.12. The molecule has 1 aromatic rings. The predicted molar refractivity (Wildman–Crippen MR) is 118 cm³/mol. The van der Waals surface area contributed by atoms with Gasteiger partial charge in [-0.3, -0.25) is 9.69 Å². The summed E-state index contributed by atoms with van der Waals surface area (Å²) in [7, 11) is 2.26. The first-order chi connectivity index (χ1) is 15.6. The number of benzene rings is 1. The summed E-state index contributed by atoms with van der Waals surface area (Å²) >= 11 is 0. The average molecular weight is 443 g/mol. The fraction of sp³-hybridized carbons (Fsp3) is 0.720. The van der Waals surface area contributed by atoms with Gasteiger partial charge in [-0.1, -0.05) is 6.07 Å². The van der Waals surface area contributed by atoms with Gasteiger partial charge in [0, 0.05) is 43.6 Å². The molecule has 1 aromatic carbocycles. The van der Waals surface area contributed by atoms with Crippen LogP contribution in [-0.2, 0) is 26.1 Å². The maximum Gasteiger partial charge on any atom is 0.303 e. The molecule has 0 amide bonds. The summed E-state index contributed by atoms with van der Waals surface area (Å²) < 4.78 is 24.3. The van der Waals surface area contributed by atoms with E-state index in [-0.39, 0.29) is 23.6 Å². The number of ether oxygens (including phenoxy) is 4. The second kappa shape index (κ2) is 7.89. The van der Waals surface area contributed by atoms with E-state index in [4.69, 9.17) is 18.9 Å². The molecule has 2 bridgehead atoms. The van der Waals surface area contributed by atoms with Gasteiger partial charge >= 0.3 is 5.97 Å². The van der Waals surface area contributed by atoms with Gasteiger partial charge in [-0.15, -0.1) is 0 Å². The van der Waals surface area contributed by atoms with Crippen molar-refractivity contribution in [1.29, 1.82) is 0 Å². The number of carbonyl (C=O) groups is 1. The number of likely N-dealkylation sites (tertiary alicyclic amines) is 1. The lowest BCUT2D eigenvalue weighted by atomic mass is 9.51. The predicted octanol–water partition coefficient (Wildman–Crippen LogP) is 2.00. The van der Waals surface area contributed by atoms with Crippen LogP contribution in [0, 0.1) is 5.92 Å². The van der Waals surface area contributed by atoms with Crippen molar-refractivity contribution in [3.05, 3.63) is 23.3 Å². The molecule has 174 valence electrons. The minimum atomic E-state index is -0.216. The minimum absolute atomic E-state index is 0.0674. The molecule has 2 aliphatic carbocycles. The minimum Gasteiger partial charge on any atom is -0.488 e. The van der Waals surface area contributed by atoms with Crippen molar-refractivity contribution in [3.63, 3.8) is 0 Å². The Morgan fingerprint density at radius 2 is 2.06 bits per heavy atom. The van der Waals surface area contributed by atoms with Crippen LogP contribution in [-0.4, -0.2) is 87.1 Å². The lowest BCUT2D eigenvalue weighted by Crippen LogP contribution is -2.66. The van der Waals surface area contributed by atoms with Crippen LogP contribution in [0.1, 0.15) is 37.3 Å². The van der Waals surface area contributed by atoms with Crippen molar-refractivity contribution in [2.75, 3.05) is 53.0 Å². The van der Waals surface area contributed by atoms with E-state index in [2.05, 4.69) is 29.0 Å². The van der Waals surface area contributed by atoms with Crippen molar-refractivity contribution < 1.29 is 23.7 Å². The first-order valence-electron chi connectivity index (χ1n) is 12.2. The molecule has 6 rings (SSSR count). The zero-order chi connectivity index (χ0) is 21.9. The Bertz CT molecular complexity index is 901. The third-order valence-corrected chi connectivity index (χ3v) is 8.61. The summed E-state index contributed by atoms with van der Waals surface area (Å²) in [6.45, 7) is 7.60. The third kappa shape index (κ3) is 3.08. The molecule has 3 aliphatic heterocycles. The largest absolute Gasteiger partial charge is 0.488 e. The molecule has 5 aliphatic rings. The molecular weight excluding hydrogens is 408 g/mol. The van der Waals surface area contributed by atoms with Crippen LogP contribution < -0.4 is 9.47 Å². The smallest absolute Gasteiger partial charge is 0.303 e. The Labute approximate surface area is 189 Å². The van der Waals surface area contributed by atoms with Crippen LogP contribution in [0.5, 0.6) is 11.5 Å². The lowest BCUT2D eigenvalue weighted by Gasteiger charge is -2.58. The highest BCUT2D eigenvalue weighted by atomic mass is 16.6. The molecule has 0 radical (unpaired) electrons. The van der Waals surface area contributed by atoms with E-state index < -0.39 is 0 Å². The number of rotatable bonds is 5. The summed E-state index contributed by atoms with van der Waals surface area (Å²) in [5.74, 6) is 2.09. The maximum absolute atomic E-state index is 11.9. The molecule has 7 nitrogen and oxygen atoms in total. The van der Waals surface area contributed by atoms with Gasteiger partial charge in [0.1, 0.15) is 18.8 Å². The van der Waals surface area contributed by atoms with Gasteiger partial charge in [0.2, 0.25) is 0 Å². The van der Waals surface area contributed by atoms with Crippen LogP contribution in [0.2, 0.25) is 0 Å². The van der Waals surface area contributed by atoms with E-state index in [0.717, 1.165) is 76.6 Å². The standard InChI is InChI=1S/C25H34N2O5/c1-16(28)31-21-6-4-18-19-15-17-3-5-20(30-14-11-27-9-12-29-13-10-27)23-22(17)25(18,24(21)32-23)7-8-26(19)2/h3,5,18-19,21,24H,4,6-15H2,1-2H3/t18-,19+,21-,24-,25-/m0/s1. The molecule has 5 atom stereocenters. The van der Waals surface area contributed by atoms with Gasteiger partial charge in [-0.05, 0) is 56.8 Å². The SMILES string of the molecule is CC(=O)O[C@H]1CC[C@H]2[C@H]3Cc4ccc(OCCN5CCOCC5)c5c4[C@@]2(CCN3C)[C@H]1O5. The van der Waals surface area contributed by atoms with Crippen molar-refractivity contribution in [3.8, 4) is 11.5 Å². The Balaban J connectivity index is 1.33. The molecule has 7 heteroatoms. The second-order valence-corrected chi connectivity index (χ2v) is 10.1. The fourth-order valence-electron chi connectivity index (χ4n) is 7.24. The van der Waals surface area contributed by atoms with E-state index in [0.29, 0.717) is 18.6 Å². The molecule has 0 aromatic heterocycles. The number of hydrogen-bond donors (Lipinski definition) is 0. The van der Waals surface area contributed by atoms with Gasteiger partial charge in [0.15, 0.2) is 11.5 Å². The zero-order valence-electron chi connectivity index (χ0n) is 19.2. The first-order valence-corrected chi connectivity index (χ1v) is 12.2. The number of piperidine rings is 1. The molecule has 32 heavy (non-hydrogen) atoms. The van der Waals surface area contributed by atoms with Crippen LogP contribution in [0.4, 0.5) is 0 Å². The third-order valence-electron chi connectivity index (χ3n) is 8.61. The summed E-state index contributed by atoms with van der Waals surface area (Å²) in [6, 6.07) is 4.88. The number of morpholine rings is 1. The van der Waals surface area contributed by atoms with Crippen LogP contribution >= 0.6 is 0 Å². The molecule has 0 N–H and O–H groups in total. The highest BCUT2D eigenvalue weighted by Gasteiger charge is 2.66. The monoisotopic (exact) mass is 442 g/mol. The highest BCUT2D eigenvalue weighted by Crippen LogP contribution is 2.64. The molecule has 1 spiro atoms. The highest BCUT2D eigenvalue weighted by molar-refractivity contribution is 5.67. The molecule has 3 heterocycles. The summed E-state index contributed by atoms with van der Waals surface area (Å²) in [5, 5.41) is 0. The van der Waals surface area contributed by atoms with Crippen LogP contribution in [0.25, 0.3) is 0 Å². The van der Waals surface area contributed by atoms with Crippen LogP contribution in [0.15, 0.2) is 12.1 Å². The van der Waals surface area contributed by atoms with Crippen LogP contribution in [0.3, 0.4) is 0 Å². The Morgan fingerprint density at radius 1 is 1.22 bits per heavy atom. The quantitative estimate of drug-likeness (QED) is 0.647. The zero-order valence-corrected chi connectivity index (χ0v) is 19.2. The molecule has 1 saturated carbocycles. The lowest BCUT2D eigenvalue weighted by molar-refractivity contribution is -0.163. The second-order valence-electron chi connectivity index (χ2n) is 10.1. The molecule has 3 fully saturated rings. The van der Waals surface area contributed by atoms with Gasteiger partial charge in [0.05, 0.1) is 13.2 Å². The number of carbonyl (C=O) groups excluding carboxylic acids is 1. The average Bonchev–Trinajstić information content (AvgIpc) is 3.14. The normalized spacial score (nSPS) is 35.7. The molecular formula is C25H34N2O5. The van der Waals surface area contributed by atoms with Crippen molar-refractivity contribution in [1.82, 2.24) is 9.80 Å². The van der Waals surface area contributed by atoms with Crippen molar-refractivity contribution in [2.45, 2.75) is 56.3 Å². The van der Waals surface area contributed by atoms with Gasteiger partial charge in [-0.25, -0.2) is 0 Å². The summed E-state index contributed by atoms with van der Waals surface area (Å²) in [4.78, 5) is 16.8. The summed E-state index contributed by atoms with van der Waals surface area (Å²) in [5.41, 5.74) is 2.68. The van der Waals surface area contributed by atoms with E-state index in [1.54, 1.807) is 0 Å². The first kappa shape index (κ1) is 20.8. The van der Waals surface area contributed by atoms with Gasteiger partial charge in [0.25, 0.3) is 0 Å². The Hall–Kier alpha value is -1.83. The van der Waals surface area contributed by atoms with Gasteiger partial charge < -0.3 is 23.8 Å². The number of nitrogens with zero attached hydrogens (tertiary/aromatic N) is 2. The number of likely N-dealkylation sites (N-methyl/N-ethyl adjacent to an activating group) is 1. The topological polar surface area (TPSA) is 60.5 Å². The Morgan fingerprint density at radius 3 is 2.88 bits per heavy atom. The summed E-state index contributed by atoms with van der Waals surface area (Å²) in [6.07, 6.45) is 3.76. The van der Waals surface area contributed by atoms with E-state index in [1.165, 1.54) is 18.1 Å².